The molecule has 2 amide bonds. The van der Waals surface area contributed by atoms with E-state index in [9.17, 15) is 14.0 Å². The number of benzene rings is 2. The van der Waals surface area contributed by atoms with Gasteiger partial charge in [-0.3, -0.25) is 9.59 Å². The molecule has 1 fully saturated rings. The number of H-pyrrole nitrogens is 1. The molecule has 0 aliphatic carbocycles. The van der Waals surface area contributed by atoms with E-state index in [4.69, 9.17) is 0 Å². The Hall–Kier alpha value is -3.15. The predicted octanol–water partition coefficient (Wildman–Crippen LogP) is 3.55. The van der Waals surface area contributed by atoms with Crippen LogP contribution in [0, 0.1) is 26.6 Å². The van der Waals surface area contributed by atoms with Crippen molar-refractivity contribution >= 4 is 22.7 Å². The molecule has 1 saturated heterocycles. The zero-order valence-corrected chi connectivity index (χ0v) is 16.1. The van der Waals surface area contributed by atoms with Gasteiger partial charge in [-0.2, -0.15) is 0 Å². The summed E-state index contributed by atoms with van der Waals surface area (Å²) >= 11 is 0. The maximum absolute atomic E-state index is 13.4. The first-order valence-electron chi connectivity index (χ1n) is 9.31. The number of hydrogen-bond donors (Lipinski definition) is 2. The molecule has 0 unspecified atom stereocenters. The number of hydrogen-bond acceptors (Lipinski definition) is 2. The standard InChI is InChI=1S/C22H22FN3O2/c1-12-4-5-13(2)18-17(12)14(3)19(25-18)22(28)26-11-10-24-21(27)20(26)15-6-8-16(23)9-7-15/h4-9,20,25H,10-11H2,1-3H3,(H,24,27)/t20-/m1/s1. The molecule has 144 valence electrons. The highest BCUT2D eigenvalue weighted by Crippen LogP contribution is 2.31. The number of piperazine rings is 1. The van der Waals surface area contributed by atoms with Gasteiger partial charge in [0.15, 0.2) is 0 Å². The number of aromatic amines is 1. The maximum Gasteiger partial charge on any atom is 0.271 e. The Kier molecular flexibility index (Phi) is 4.41. The molecular weight excluding hydrogens is 357 g/mol. The van der Waals surface area contributed by atoms with Gasteiger partial charge in [0.05, 0.1) is 0 Å². The van der Waals surface area contributed by atoms with Crippen molar-refractivity contribution in [2.45, 2.75) is 26.8 Å². The second-order valence-electron chi connectivity index (χ2n) is 7.32. The van der Waals surface area contributed by atoms with E-state index in [0.717, 1.165) is 27.6 Å². The lowest BCUT2D eigenvalue weighted by atomic mass is 10.0. The second-order valence-corrected chi connectivity index (χ2v) is 7.32. The number of rotatable bonds is 2. The zero-order chi connectivity index (χ0) is 20.0. The topological polar surface area (TPSA) is 65.2 Å². The van der Waals surface area contributed by atoms with Crippen molar-refractivity contribution in [1.82, 2.24) is 15.2 Å². The third-order valence-corrected chi connectivity index (χ3v) is 5.49. The van der Waals surface area contributed by atoms with Crippen LogP contribution in [0.15, 0.2) is 36.4 Å². The molecule has 0 saturated carbocycles. The summed E-state index contributed by atoms with van der Waals surface area (Å²) in [5.41, 5.74) is 5.07. The summed E-state index contributed by atoms with van der Waals surface area (Å²) in [4.78, 5) is 30.9. The number of nitrogens with zero attached hydrogens (tertiary/aromatic N) is 1. The van der Waals surface area contributed by atoms with Crippen molar-refractivity contribution in [3.8, 4) is 0 Å². The predicted molar refractivity (Wildman–Crippen MR) is 106 cm³/mol. The van der Waals surface area contributed by atoms with Gasteiger partial charge in [-0.1, -0.05) is 24.3 Å². The van der Waals surface area contributed by atoms with Gasteiger partial charge in [-0.05, 0) is 55.2 Å². The van der Waals surface area contributed by atoms with Gasteiger partial charge in [-0.25, -0.2) is 4.39 Å². The van der Waals surface area contributed by atoms with Crippen LogP contribution in [0.4, 0.5) is 4.39 Å². The molecule has 5 nitrogen and oxygen atoms in total. The molecule has 0 bridgehead atoms. The number of halogens is 1. The molecule has 6 heteroatoms. The first-order chi connectivity index (χ1) is 13.4. The van der Waals surface area contributed by atoms with Crippen LogP contribution in [-0.4, -0.2) is 34.8 Å². The Morgan fingerprint density at radius 1 is 1.07 bits per heavy atom. The average molecular weight is 379 g/mol. The van der Waals surface area contributed by atoms with E-state index in [1.165, 1.54) is 12.1 Å². The number of amides is 2. The van der Waals surface area contributed by atoms with Crippen LogP contribution >= 0.6 is 0 Å². The van der Waals surface area contributed by atoms with Crippen molar-refractivity contribution in [2.75, 3.05) is 13.1 Å². The van der Waals surface area contributed by atoms with E-state index in [0.29, 0.717) is 24.3 Å². The van der Waals surface area contributed by atoms with Gasteiger partial charge >= 0.3 is 0 Å². The first kappa shape index (κ1) is 18.2. The summed E-state index contributed by atoms with van der Waals surface area (Å²) in [7, 11) is 0. The molecule has 1 aliphatic heterocycles. The van der Waals surface area contributed by atoms with Crippen LogP contribution in [0.5, 0.6) is 0 Å². The van der Waals surface area contributed by atoms with Gasteiger partial charge in [0.2, 0.25) is 5.91 Å². The molecule has 3 aromatic rings. The fraction of sp³-hybridized carbons (Fsp3) is 0.273. The van der Waals surface area contributed by atoms with Crippen LogP contribution in [0.25, 0.3) is 10.9 Å². The number of nitrogens with one attached hydrogen (secondary N) is 2. The summed E-state index contributed by atoms with van der Waals surface area (Å²) in [6.45, 7) is 6.72. The Balaban J connectivity index is 1.79. The molecule has 1 aliphatic rings. The van der Waals surface area contributed by atoms with E-state index in [-0.39, 0.29) is 17.6 Å². The molecule has 0 radical (unpaired) electrons. The van der Waals surface area contributed by atoms with Gasteiger partial charge in [0.25, 0.3) is 5.91 Å². The van der Waals surface area contributed by atoms with Crippen LogP contribution < -0.4 is 5.32 Å². The van der Waals surface area contributed by atoms with Crippen molar-refractivity contribution in [3.05, 3.63) is 70.2 Å². The molecule has 2 heterocycles. The van der Waals surface area contributed by atoms with Crippen LogP contribution in [0.2, 0.25) is 0 Å². The Morgan fingerprint density at radius 2 is 1.75 bits per heavy atom. The van der Waals surface area contributed by atoms with Gasteiger partial charge < -0.3 is 15.2 Å². The highest BCUT2D eigenvalue weighted by Gasteiger charge is 2.36. The van der Waals surface area contributed by atoms with Crippen LogP contribution in [-0.2, 0) is 4.79 Å². The van der Waals surface area contributed by atoms with Gasteiger partial charge in [0, 0.05) is 24.0 Å². The second kappa shape index (κ2) is 6.78. The van der Waals surface area contributed by atoms with Gasteiger partial charge in [0.1, 0.15) is 17.6 Å². The highest BCUT2D eigenvalue weighted by atomic mass is 19.1. The third kappa shape index (κ3) is 2.85. The number of carbonyl (C=O) groups excluding carboxylic acids is 2. The summed E-state index contributed by atoms with van der Waals surface area (Å²) < 4.78 is 13.3. The van der Waals surface area contributed by atoms with Crippen LogP contribution in [0.1, 0.15) is 38.8 Å². The lowest BCUT2D eigenvalue weighted by molar-refractivity contribution is -0.128. The third-order valence-electron chi connectivity index (χ3n) is 5.49. The minimum atomic E-state index is -0.783. The van der Waals surface area contributed by atoms with Crippen molar-refractivity contribution in [2.24, 2.45) is 0 Å². The lowest BCUT2D eigenvalue weighted by Gasteiger charge is -2.35. The lowest BCUT2D eigenvalue weighted by Crippen LogP contribution is -2.52. The molecule has 2 N–H and O–H groups in total. The Morgan fingerprint density at radius 3 is 2.43 bits per heavy atom. The molecule has 0 spiro atoms. The molecule has 28 heavy (non-hydrogen) atoms. The van der Waals surface area contributed by atoms with Gasteiger partial charge in [-0.15, -0.1) is 0 Å². The Bertz CT molecular complexity index is 1090. The Labute approximate surface area is 162 Å². The monoisotopic (exact) mass is 379 g/mol. The van der Waals surface area contributed by atoms with E-state index < -0.39 is 6.04 Å². The first-order valence-corrected chi connectivity index (χ1v) is 9.31. The molecular formula is C22H22FN3O2. The summed E-state index contributed by atoms with van der Waals surface area (Å²) in [5, 5.41) is 3.85. The van der Waals surface area contributed by atoms with E-state index >= 15 is 0 Å². The van der Waals surface area contributed by atoms with Crippen LogP contribution in [0.3, 0.4) is 0 Å². The minimum absolute atomic E-state index is 0.225. The fourth-order valence-corrected chi connectivity index (χ4v) is 4.02. The number of fused-ring (bicyclic) bond motifs is 1. The van der Waals surface area contributed by atoms with E-state index in [1.807, 2.05) is 32.9 Å². The van der Waals surface area contributed by atoms with Crippen molar-refractivity contribution in [1.29, 1.82) is 0 Å². The number of carbonyl (C=O) groups is 2. The largest absolute Gasteiger partial charge is 0.352 e. The maximum atomic E-state index is 13.4. The number of aryl methyl sites for hydroxylation is 3. The minimum Gasteiger partial charge on any atom is -0.352 e. The fourth-order valence-electron chi connectivity index (χ4n) is 4.02. The van der Waals surface area contributed by atoms with E-state index in [2.05, 4.69) is 10.3 Å². The summed E-state index contributed by atoms with van der Waals surface area (Å²) in [6.07, 6.45) is 0. The van der Waals surface area contributed by atoms with E-state index in [1.54, 1.807) is 17.0 Å². The van der Waals surface area contributed by atoms with Crippen molar-refractivity contribution < 1.29 is 14.0 Å². The average Bonchev–Trinajstić information content (AvgIpc) is 3.03. The summed E-state index contributed by atoms with van der Waals surface area (Å²) in [6, 6.07) is 9.01. The molecule has 1 aromatic heterocycles. The highest BCUT2D eigenvalue weighted by molar-refractivity contribution is 6.04. The smallest absolute Gasteiger partial charge is 0.271 e. The normalized spacial score (nSPS) is 17.1. The SMILES string of the molecule is Cc1ccc(C)c2c(C)c(C(=O)N3CCNC(=O)[C@H]3c3ccc(F)cc3)[nH]c12. The molecule has 2 aromatic carbocycles. The number of aromatic nitrogens is 1. The summed E-state index contributed by atoms with van der Waals surface area (Å²) in [5.74, 6) is -0.862. The quantitative estimate of drug-likeness (QED) is 0.715. The zero-order valence-electron chi connectivity index (χ0n) is 16.1. The molecule has 1 atom stereocenters. The molecule has 4 rings (SSSR count). The van der Waals surface area contributed by atoms with Crippen molar-refractivity contribution in [3.63, 3.8) is 0 Å².